The van der Waals surface area contributed by atoms with Crippen LogP contribution in [0.15, 0.2) is 18.2 Å². The SMILES string of the molecule is COC(=O)C(CC(C)C)NC(=O)Nc1ccc(OC)c(OC)c1. The molecule has 7 nitrogen and oxygen atoms in total. The smallest absolute Gasteiger partial charge is 0.328 e. The van der Waals surface area contributed by atoms with Gasteiger partial charge in [0.2, 0.25) is 0 Å². The van der Waals surface area contributed by atoms with Gasteiger partial charge in [-0.25, -0.2) is 9.59 Å². The monoisotopic (exact) mass is 324 g/mol. The molecule has 128 valence electrons. The van der Waals surface area contributed by atoms with Crippen LogP contribution in [0.5, 0.6) is 11.5 Å². The highest BCUT2D eigenvalue weighted by Crippen LogP contribution is 2.29. The van der Waals surface area contributed by atoms with E-state index in [-0.39, 0.29) is 5.92 Å². The molecule has 2 amide bonds. The molecule has 0 bridgehead atoms. The van der Waals surface area contributed by atoms with Crippen LogP contribution in [0.2, 0.25) is 0 Å². The number of esters is 1. The molecule has 0 fully saturated rings. The van der Waals surface area contributed by atoms with Gasteiger partial charge in [0.15, 0.2) is 11.5 Å². The van der Waals surface area contributed by atoms with Crippen molar-refractivity contribution in [1.82, 2.24) is 5.32 Å². The molecule has 0 aromatic heterocycles. The number of benzene rings is 1. The lowest BCUT2D eigenvalue weighted by Crippen LogP contribution is -2.44. The van der Waals surface area contributed by atoms with E-state index in [2.05, 4.69) is 10.6 Å². The van der Waals surface area contributed by atoms with E-state index >= 15 is 0 Å². The predicted octanol–water partition coefficient (Wildman–Crippen LogP) is 2.41. The highest BCUT2D eigenvalue weighted by molar-refractivity contribution is 5.92. The Morgan fingerprint density at radius 2 is 1.74 bits per heavy atom. The maximum atomic E-state index is 12.1. The first-order chi connectivity index (χ1) is 10.9. The predicted molar refractivity (Wildman–Crippen MR) is 87.0 cm³/mol. The van der Waals surface area contributed by atoms with Crippen molar-refractivity contribution in [2.75, 3.05) is 26.6 Å². The van der Waals surface area contributed by atoms with Gasteiger partial charge in [0.25, 0.3) is 0 Å². The van der Waals surface area contributed by atoms with E-state index in [1.165, 1.54) is 21.3 Å². The normalized spacial score (nSPS) is 11.6. The van der Waals surface area contributed by atoms with Crippen molar-refractivity contribution >= 4 is 17.7 Å². The van der Waals surface area contributed by atoms with Gasteiger partial charge in [-0.15, -0.1) is 0 Å². The van der Waals surface area contributed by atoms with Crippen molar-refractivity contribution in [3.63, 3.8) is 0 Å². The van der Waals surface area contributed by atoms with Crippen LogP contribution in [0.1, 0.15) is 20.3 Å². The largest absolute Gasteiger partial charge is 0.493 e. The van der Waals surface area contributed by atoms with E-state index < -0.39 is 18.0 Å². The number of carbonyl (C=O) groups excluding carboxylic acids is 2. The number of hydrogen-bond acceptors (Lipinski definition) is 5. The van der Waals surface area contributed by atoms with E-state index in [0.717, 1.165) is 0 Å². The van der Waals surface area contributed by atoms with Crippen LogP contribution in [0.25, 0.3) is 0 Å². The fraction of sp³-hybridized carbons (Fsp3) is 0.500. The number of hydrogen-bond donors (Lipinski definition) is 2. The number of methoxy groups -OCH3 is 3. The Morgan fingerprint density at radius 3 is 2.26 bits per heavy atom. The van der Waals surface area contributed by atoms with E-state index in [4.69, 9.17) is 14.2 Å². The van der Waals surface area contributed by atoms with Crippen molar-refractivity contribution in [1.29, 1.82) is 0 Å². The first-order valence-corrected chi connectivity index (χ1v) is 7.28. The Hall–Kier alpha value is -2.44. The fourth-order valence-electron chi connectivity index (χ4n) is 2.07. The number of amides is 2. The number of anilines is 1. The van der Waals surface area contributed by atoms with Gasteiger partial charge in [0, 0.05) is 11.8 Å². The van der Waals surface area contributed by atoms with Gasteiger partial charge in [-0.1, -0.05) is 13.8 Å². The average molecular weight is 324 g/mol. The van der Waals surface area contributed by atoms with Crippen LogP contribution >= 0.6 is 0 Å². The van der Waals surface area contributed by atoms with Crippen molar-refractivity contribution in [3.05, 3.63) is 18.2 Å². The number of carbonyl (C=O) groups is 2. The lowest BCUT2D eigenvalue weighted by atomic mass is 10.0. The van der Waals surface area contributed by atoms with Crippen LogP contribution in [-0.4, -0.2) is 39.4 Å². The van der Waals surface area contributed by atoms with Gasteiger partial charge >= 0.3 is 12.0 Å². The minimum absolute atomic E-state index is 0.237. The van der Waals surface area contributed by atoms with Gasteiger partial charge < -0.3 is 24.8 Å². The number of rotatable bonds is 7. The topological polar surface area (TPSA) is 85.9 Å². The molecule has 1 aromatic carbocycles. The summed E-state index contributed by atoms with van der Waals surface area (Å²) in [5.41, 5.74) is 0.522. The lowest BCUT2D eigenvalue weighted by Gasteiger charge is -2.19. The maximum Gasteiger partial charge on any atom is 0.328 e. The molecule has 0 radical (unpaired) electrons. The quantitative estimate of drug-likeness (QED) is 0.752. The van der Waals surface area contributed by atoms with Crippen molar-refractivity contribution in [2.45, 2.75) is 26.3 Å². The molecule has 1 aromatic rings. The fourth-order valence-corrected chi connectivity index (χ4v) is 2.07. The molecular formula is C16H24N2O5. The molecule has 7 heteroatoms. The van der Waals surface area contributed by atoms with Crippen LogP contribution < -0.4 is 20.1 Å². The van der Waals surface area contributed by atoms with Crippen molar-refractivity contribution in [3.8, 4) is 11.5 Å². The lowest BCUT2D eigenvalue weighted by molar-refractivity contribution is -0.143. The molecule has 0 aliphatic carbocycles. The molecule has 23 heavy (non-hydrogen) atoms. The minimum Gasteiger partial charge on any atom is -0.493 e. The summed E-state index contributed by atoms with van der Waals surface area (Å²) in [4.78, 5) is 23.8. The Bertz CT molecular complexity index is 545. The zero-order valence-corrected chi connectivity index (χ0v) is 14.1. The zero-order chi connectivity index (χ0) is 17.4. The Labute approximate surface area is 136 Å². The molecule has 1 rings (SSSR count). The standard InChI is InChI=1S/C16H24N2O5/c1-10(2)8-12(15(19)23-5)18-16(20)17-11-6-7-13(21-3)14(9-11)22-4/h6-7,9-10,12H,8H2,1-5H3,(H2,17,18,20). The summed E-state index contributed by atoms with van der Waals surface area (Å²) in [5.74, 6) is 0.823. The molecule has 0 aliphatic rings. The molecular weight excluding hydrogens is 300 g/mol. The van der Waals surface area contributed by atoms with E-state index in [0.29, 0.717) is 23.6 Å². The molecule has 0 heterocycles. The van der Waals surface area contributed by atoms with E-state index in [1.54, 1.807) is 18.2 Å². The van der Waals surface area contributed by atoms with Gasteiger partial charge in [0.1, 0.15) is 6.04 Å². The summed E-state index contributed by atoms with van der Waals surface area (Å²) in [7, 11) is 4.34. The number of ether oxygens (including phenoxy) is 3. The minimum atomic E-state index is -0.694. The molecule has 1 unspecified atom stereocenters. The second-order valence-corrected chi connectivity index (χ2v) is 5.37. The summed E-state index contributed by atoms with van der Waals surface area (Å²) >= 11 is 0. The summed E-state index contributed by atoms with van der Waals surface area (Å²) in [6, 6.07) is 3.80. The van der Waals surface area contributed by atoms with Gasteiger partial charge in [-0.05, 0) is 24.5 Å². The van der Waals surface area contributed by atoms with Gasteiger partial charge in [-0.2, -0.15) is 0 Å². The Morgan fingerprint density at radius 1 is 1.09 bits per heavy atom. The van der Waals surface area contributed by atoms with Crippen molar-refractivity contribution in [2.24, 2.45) is 5.92 Å². The Kier molecular flexibility index (Phi) is 7.18. The summed E-state index contributed by atoms with van der Waals surface area (Å²) < 4.78 is 15.0. The molecule has 0 saturated carbocycles. The second kappa shape index (κ2) is 8.87. The average Bonchev–Trinajstić information content (AvgIpc) is 2.52. The Balaban J connectivity index is 2.76. The number of urea groups is 1. The third-order valence-electron chi connectivity index (χ3n) is 3.14. The van der Waals surface area contributed by atoms with E-state index in [1.807, 2.05) is 13.8 Å². The van der Waals surface area contributed by atoms with Crippen LogP contribution in [0.3, 0.4) is 0 Å². The van der Waals surface area contributed by atoms with Crippen LogP contribution in [-0.2, 0) is 9.53 Å². The summed E-state index contributed by atoms with van der Waals surface area (Å²) in [6.07, 6.45) is 0.492. The maximum absolute atomic E-state index is 12.1. The first-order valence-electron chi connectivity index (χ1n) is 7.28. The first kappa shape index (κ1) is 18.6. The van der Waals surface area contributed by atoms with Gasteiger partial charge in [0.05, 0.1) is 21.3 Å². The van der Waals surface area contributed by atoms with Crippen LogP contribution in [0.4, 0.5) is 10.5 Å². The third kappa shape index (κ3) is 5.69. The molecule has 1 atom stereocenters. The summed E-state index contributed by atoms with van der Waals surface area (Å²) in [5, 5.41) is 5.27. The van der Waals surface area contributed by atoms with Gasteiger partial charge in [-0.3, -0.25) is 0 Å². The highest BCUT2D eigenvalue weighted by atomic mass is 16.5. The molecule has 0 saturated heterocycles. The van der Waals surface area contributed by atoms with E-state index in [9.17, 15) is 9.59 Å². The van der Waals surface area contributed by atoms with Crippen LogP contribution in [0, 0.1) is 5.92 Å². The number of nitrogens with one attached hydrogen (secondary N) is 2. The zero-order valence-electron chi connectivity index (χ0n) is 14.1. The molecule has 0 aliphatic heterocycles. The third-order valence-corrected chi connectivity index (χ3v) is 3.14. The summed E-state index contributed by atoms with van der Waals surface area (Å²) in [6.45, 7) is 3.92. The van der Waals surface area contributed by atoms with Crippen molar-refractivity contribution < 1.29 is 23.8 Å². The molecule has 2 N–H and O–H groups in total. The molecule has 0 spiro atoms. The highest BCUT2D eigenvalue weighted by Gasteiger charge is 2.22. The second-order valence-electron chi connectivity index (χ2n) is 5.37.